The second-order valence-electron chi connectivity index (χ2n) is 11.0. The fraction of sp³-hybridized carbons (Fsp3) is 0.640. The van der Waals surface area contributed by atoms with Crippen LogP contribution in [0.3, 0.4) is 0 Å². The first-order valence-electron chi connectivity index (χ1n) is 12.2. The molecule has 1 aromatic carbocycles. The molecule has 7 fully saturated rings. The van der Waals surface area contributed by atoms with Crippen molar-refractivity contribution in [2.75, 3.05) is 39.5 Å². The molecule has 1 aromatic heterocycles. The van der Waals surface area contributed by atoms with Gasteiger partial charge in [-0.1, -0.05) is 12.1 Å². The minimum atomic E-state index is 0. The Balaban J connectivity index is 0.00000228. The standard InChI is InChI=1S/C25H35N6O.H2/c1-29(2)10-6-9-26-23-20-7-4-5-8-21(20)27-22(28-23)16-30(3)24(32)31-18-11-17-12-19(31)15-25(31,13-17)14-18;/h4-5,7-8,17-19H,6,9-16H2,1-3H3,(H,26,27,28);1H/q+1;/t17?,18-,19?,25?,31?;/m1./s1. The summed E-state index contributed by atoms with van der Waals surface area (Å²) in [6, 6.07) is 9.60. The molecule has 6 heterocycles. The predicted molar refractivity (Wildman–Crippen MR) is 127 cm³/mol. The third-order valence-electron chi connectivity index (χ3n) is 8.79. The Hall–Kier alpha value is -2.25. The van der Waals surface area contributed by atoms with Crippen LogP contribution in [0.25, 0.3) is 10.9 Å². The summed E-state index contributed by atoms with van der Waals surface area (Å²) in [6.07, 6.45) is 7.37. The summed E-state index contributed by atoms with van der Waals surface area (Å²) in [7, 11) is 6.14. The number of quaternary nitrogens is 1. The van der Waals surface area contributed by atoms with Crippen LogP contribution in [0.2, 0.25) is 0 Å². The maximum absolute atomic E-state index is 13.8. The van der Waals surface area contributed by atoms with Crippen LogP contribution in [0.15, 0.2) is 24.3 Å². The molecule has 1 spiro atoms. The third kappa shape index (κ3) is 2.70. The molecule has 5 aliphatic heterocycles. The molecule has 7 heteroatoms. The number of anilines is 1. The van der Waals surface area contributed by atoms with Crippen LogP contribution in [0, 0.1) is 5.92 Å². The zero-order chi connectivity index (χ0) is 22.1. The fourth-order valence-corrected chi connectivity index (χ4v) is 7.79. The molecular weight excluding hydrogens is 400 g/mol. The van der Waals surface area contributed by atoms with Gasteiger partial charge in [0, 0.05) is 39.7 Å². The van der Waals surface area contributed by atoms with E-state index < -0.39 is 0 Å². The van der Waals surface area contributed by atoms with Crippen molar-refractivity contribution in [1.29, 1.82) is 0 Å². The second-order valence-corrected chi connectivity index (χ2v) is 11.0. The molecule has 2 amide bonds. The lowest BCUT2D eigenvalue weighted by Gasteiger charge is -2.81. The average molecular weight is 438 g/mol. The summed E-state index contributed by atoms with van der Waals surface area (Å²) >= 11 is 0. The van der Waals surface area contributed by atoms with Crippen LogP contribution in [0.1, 0.15) is 45.8 Å². The highest BCUT2D eigenvalue weighted by atomic mass is 16.2. The zero-order valence-corrected chi connectivity index (χ0v) is 19.5. The Morgan fingerprint density at radius 3 is 2.62 bits per heavy atom. The lowest BCUT2D eigenvalue weighted by Crippen LogP contribution is -2.97. The average Bonchev–Trinajstić information content (AvgIpc) is 2.75. The highest BCUT2D eigenvalue weighted by Gasteiger charge is 2.86. The maximum atomic E-state index is 13.8. The smallest absolute Gasteiger partial charge is 0.369 e. The summed E-state index contributed by atoms with van der Waals surface area (Å²) in [5.74, 6) is 2.48. The topological polar surface area (TPSA) is 61.4 Å². The van der Waals surface area contributed by atoms with Gasteiger partial charge in [-0.3, -0.25) is 4.90 Å². The molecule has 5 saturated heterocycles. The second kappa shape index (κ2) is 7.12. The van der Waals surface area contributed by atoms with Crippen molar-refractivity contribution in [2.45, 2.75) is 62.7 Å². The molecule has 172 valence electrons. The molecule has 9 rings (SSSR count). The molecule has 32 heavy (non-hydrogen) atoms. The monoisotopic (exact) mass is 437 g/mol. The number of urea groups is 1. The fourth-order valence-electron chi connectivity index (χ4n) is 7.79. The van der Waals surface area contributed by atoms with Crippen molar-refractivity contribution in [2.24, 2.45) is 5.92 Å². The quantitative estimate of drug-likeness (QED) is 0.529. The number of nitrogens with one attached hydrogen (secondary N) is 1. The number of benzene rings is 1. The Bertz CT molecular complexity index is 1050. The van der Waals surface area contributed by atoms with E-state index in [0.29, 0.717) is 24.7 Å². The van der Waals surface area contributed by atoms with Crippen LogP contribution < -0.4 is 5.32 Å². The highest BCUT2D eigenvalue weighted by Crippen LogP contribution is 2.72. The Kier molecular flexibility index (Phi) is 4.53. The number of aromatic nitrogens is 2. The summed E-state index contributed by atoms with van der Waals surface area (Å²) in [5, 5.41) is 4.55. The number of rotatable bonds is 7. The first kappa shape index (κ1) is 20.4. The van der Waals surface area contributed by atoms with E-state index in [1.54, 1.807) is 0 Å². The van der Waals surface area contributed by atoms with E-state index in [-0.39, 0.29) is 6.97 Å². The normalized spacial score (nSPS) is 33.7. The molecule has 1 N–H and O–H groups in total. The van der Waals surface area contributed by atoms with Crippen LogP contribution in [-0.4, -0.2) is 82.1 Å². The molecule has 2 aromatic rings. The van der Waals surface area contributed by atoms with Crippen molar-refractivity contribution < 1.29 is 10.7 Å². The summed E-state index contributed by atoms with van der Waals surface area (Å²) in [6.45, 7) is 2.36. The van der Waals surface area contributed by atoms with Crippen molar-refractivity contribution in [3.05, 3.63) is 30.1 Å². The SMILES string of the molecule is CN(C)CCCNc1nc(CN(C)C(=O)[N+]23C4CC5C[C@@H]2CC3(C5)C4)nc2ccccc12.[HH]. The van der Waals surface area contributed by atoms with E-state index in [2.05, 4.69) is 30.4 Å². The van der Waals surface area contributed by atoms with Crippen molar-refractivity contribution in [3.63, 3.8) is 0 Å². The van der Waals surface area contributed by atoms with E-state index in [9.17, 15) is 4.79 Å². The van der Waals surface area contributed by atoms with Crippen LogP contribution in [0.5, 0.6) is 0 Å². The van der Waals surface area contributed by atoms with Gasteiger partial charge >= 0.3 is 6.03 Å². The lowest BCUT2D eigenvalue weighted by atomic mass is 9.45. The first-order valence-corrected chi connectivity index (χ1v) is 12.2. The Morgan fingerprint density at radius 1 is 1.16 bits per heavy atom. The van der Waals surface area contributed by atoms with Gasteiger partial charge in [0.15, 0.2) is 5.82 Å². The van der Waals surface area contributed by atoms with Gasteiger partial charge in [0.05, 0.1) is 24.9 Å². The van der Waals surface area contributed by atoms with Crippen LogP contribution >= 0.6 is 0 Å². The number of nitrogens with zero attached hydrogens (tertiary/aromatic N) is 5. The largest absolute Gasteiger partial charge is 0.420 e. The van der Waals surface area contributed by atoms with Crippen molar-refractivity contribution in [3.8, 4) is 0 Å². The van der Waals surface area contributed by atoms with E-state index in [1.807, 2.05) is 30.1 Å². The van der Waals surface area contributed by atoms with Gasteiger partial charge in [0.2, 0.25) is 0 Å². The van der Waals surface area contributed by atoms with E-state index in [1.165, 1.54) is 32.1 Å². The lowest BCUT2D eigenvalue weighted by molar-refractivity contribution is -1.06. The number of para-hydroxylation sites is 1. The molecule has 7 aliphatic rings. The first-order chi connectivity index (χ1) is 15.4. The van der Waals surface area contributed by atoms with Crippen molar-refractivity contribution in [1.82, 2.24) is 19.8 Å². The van der Waals surface area contributed by atoms with Gasteiger partial charge in [-0.15, -0.1) is 0 Å². The number of fused-ring (bicyclic) bond motifs is 1. The molecule has 5 atom stereocenters. The number of piperidine rings is 4. The molecule has 4 unspecified atom stereocenters. The summed E-state index contributed by atoms with van der Waals surface area (Å²) < 4.78 is 0.767. The maximum Gasteiger partial charge on any atom is 0.420 e. The molecule has 7 nitrogen and oxygen atoms in total. The predicted octanol–water partition coefficient (Wildman–Crippen LogP) is 3.71. The molecule has 2 aliphatic carbocycles. The number of hydrogen-bond acceptors (Lipinski definition) is 5. The summed E-state index contributed by atoms with van der Waals surface area (Å²) in [4.78, 5) is 27.6. The molecular formula is C25H37N6O+. The van der Waals surface area contributed by atoms with E-state index >= 15 is 0 Å². The van der Waals surface area contributed by atoms with Gasteiger partial charge < -0.3 is 10.2 Å². The highest BCUT2D eigenvalue weighted by molar-refractivity contribution is 5.89. The molecule has 5 bridgehead atoms. The minimum Gasteiger partial charge on any atom is -0.369 e. The van der Waals surface area contributed by atoms with Gasteiger partial charge in [-0.25, -0.2) is 19.2 Å². The van der Waals surface area contributed by atoms with E-state index in [4.69, 9.17) is 9.97 Å². The van der Waals surface area contributed by atoms with Crippen molar-refractivity contribution >= 4 is 22.8 Å². The number of carbonyl (C=O) groups excluding carboxylic acids is 1. The number of hydrogen-bond donors (Lipinski definition) is 1. The Labute approximate surface area is 191 Å². The van der Waals surface area contributed by atoms with E-state index in [0.717, 1.165) is 52.5 Å². The minimum absolute atomic E-state index is 0. The van der Waals surface area contributed by atoms with Gasteiger partial charge in [-0.05, 0) is 45.1 Å². The third-order valence-corrected chi connectivity index (χ3v) is 8.79. The van der Waals surface area contributed by atoms with Gasteiger partial charge in [0.1, 0.15) is 23.4 Å². The summed E-state index contributed by atoms with van der Waals surface area (Å²) in [5.41, 5.74) is 1.22. The number of carbonyl (C=O) groups is 1. The number of amides is 2. The van der Waals surface area contributed by atoms with Crippen LogP contribution in [0.4, 0.5) is 10.6 Å². The van der Waals surface area contributed by atoms with Crippen LogP contribution in [-0.2, 0) is 6.54 Å². The molecule has 0 radical (unpaired) electrons. The van der Waals surface area contributed by atoms with Gasteiger partial charge in [-0.2, -0.15) is 0 Å². The molecule has 2 saturated carbocycles. The van der Waals surface area contributed by atoms with Gasteiger partial charge in [0.25, 0.3) is 0 Å². The zero-order valence-electron chi connectivity index (χ0n) is 19.5. The Morgan fingerprint density at radius 2 is 1.91 bits per heavy atom.